The first-order valence-corrected chi connectivity index (χ1v) is 5.97. The van der Waals surface area contributed by atoms with Crippen molar-refractivity contribution in [3.05, 3.63) is 53.4 Å². The fraction of sp³-hybridized carbons (Fsp3) is 0.286. The molecule has 100 valence electrons. The van der Waals surface area contributed by atoms with Crippen LogP contribution in [0.15, 0.2) is 40.9 Å². The number of aliphatic hydroxyl groups is 1. The molecule has 0 saturated carbocycles. The summed E-state index contributed by atoms with van der Waals surface area (Å²) in [6, 6.07) is 10.8. The number of hydrogen-bond acceptors (Lipinski definition) is 4. The Kier molecular flexibility index (Phi) is 3.66. The second kappa shape index (κ2) is 5.24. The van der Waals surface area contributed by atoms with Crippen LogP contribution in [-0.4, -0.2) is 22.8 Å². The predicted molar refractivity (Wildman–Crippen MR) is 69.6 cm³/mol. The smallest absolute Gasteiger partial charge is 0.290 e. The molecule has 0 aliphatic rings. The van der Waals surface area contributed by atoms with Crippen LogP contribution in [0.4, 0.5) is 0 Å². The van der Waals surface area contributed by atoms with E-state index in [1.807, 2.05) is 30.3 Å². The van der Waals surface area contributed by atoms with Crippen molar-refractivity contribution in [1.29, 1.82) is 0 Å². The molecule has 0 fully saturated rings. The van der Waals surface area contributed by atoms with Gasteiger partial charge in [0.05, 0.1) is 17.8 Å². The molecule has 5 nitrogen and oxygen atoms in total. The maximum Gasteiger partial charge on any atom is 0.290 e. The van der Waals surface area contributed by atoms with Crippen LogP contribution >= 0.6 is 0 Å². The summed E-state index contributed by atoms with van der Waals surface area (Å²) in [6.07, 6.45) is 0. The molecule has 2 rings (SSSR count). The van der Waals surface area contributed by atoms with Gasteiger partial charge in [0, 0.05) is 6.07 Å². The second-order valence-corrected chi connectivity index (χ2v) is 4.64. The normalized spacial score (nSPS) is 13.8. The van der Waals surface area contributed by atoms with E-state index >= 15 is 0 Å². The monoisotopic (exact) mass is 260 g/mol. The van der Waals surface area contributed by atoms with Crippen LogP contribution in [0.5, 0.6) is 0 Å². The quantitative estimate of drug-likeness (QED) is 0.876. The van der Waals surface area contributed by atoms with Crippen LogP contribution < -0.4 is 5.32 Å². The second-order valence-electron chi connectivity index (χ2n) is 4.64. The molecule has 2 aromatic rings. The zero-order valence-electron chi connectivity index (χ0n) is 10.9. The fourth-order valence-electron chi connectivity index (χ4n) is 1.79. The van der Waals surface area contributed by atoms with Crippen molar-refractivity contribution in [2.24, 2.45) is 0 Å². The molecule has 0 aliphatic carbocycles. The number of aromatic nitrogens is 1. The fourth-order valence-corrected chi connectivity index (χ4v) is 1.79. The summed E-state index contributed by atoms with van der Waals surface area (Å²) in [5.41, 5.74) is 0.594. The minimum atomic E-state index is -0.862. The van der Waals surface area contributed by atoms with Gasteiger partial charge in [0.2, 0.25) is 5.76 Å². The lowest BCUT2D eigenvalue weighted by atomic mass is 9.93. The standard InChI is InChI=1S/C14H16N2O3/c1-10-8-12(19-16-10)13(18)15-14(2,9-17)11-6-4-3-5-7-11/h3-8,17H,9H2,1-2H3,(H,15,18). The highest BCUT2D eigenvalue weighted by Gasteiger charge is 2.29. The van der Waals surface area contributed by atoms with Gasteiger partial charge in [-0.1, -0.05) is 35.5 Å². The number of aliphatic hydroxyl groups excluding tert-OH is 1. The summed E-state index contributed by atoms with van der Waals surface area (Å²) in [7, 11) is 0. The third-order valence-electron chi connectivity index (χ3n) is 2.97. The van der Waals surface area contributed by atoms with E-state index in [4.69, 9.17) is 4.52 Å². The average Bonchev–Trinajstić information content (AvgIpc) is 2.86. The number of rotatable bonds is 4. The average molecular weight is 260 g/mol. The Balaban J connectivity index is 2.22. The molecule has 0 bridgehead atoms. The highest BCUT2D eigenvalue weighted by molar-refractivity contribution is 5.92. The van der Waals surface area contributed by atoms with Gasteiger partial charge >= 0.3 is 0 Å². The first kappa shape index (κ1) is 13.3. The highest BCUT2D eigenvalue weighted by Crippen LogP contribution is 2.20. The van der Waals surface area contributed by atoms with Crippen molar-refractivity contribution in [2.45, 2.75) is 19.4 Å². The van der Waals surface area contributed by atoms with Crippen molar-refractivity contribution >= 4 is 5.91 Å². The van der Waals surface area contributed by atoms with Crippen LogP contribution in [0.25, 0.3) is 0 Å². The third-order valence-corrected chi connectivity index (χ3v) is 2.97. The van der Waals surface area contributed by atoms with Crippen LogP contribution in [-0.2, 0) is 5.54 Å². The van der Waals surface area contributed by atoms with Gasteiger partial charge in [0.1, 0.15) is 0 Å². The van der Waals surface area contributed by atoms with Crippen molar-refractivity contribution in [3.63, 3.8) is 0 Å². The third kappa shape index (κ3) is 2.82. The van der Waals surface area contributed by atoms with Crippen molar-refractivity contribution < 1.29 is 14.4 Å². The summed E-state index contributed by atoms with van der Waals surface area (Å²) in [6.45, 7) is 3.28. The van der Waals surface area contributed by atoms with E-state index in [9.17, 15) is 9.90 Å². The number of aryl methyl sites for hydroxylation is 1. The van der Waals surface area contributed by atoms with Gasteiger partial charge in [-0.15, -0.1) is 0 Å². The Bertz CT molecular complexity index is 565. The lowest BCUT2D eigenvalue weighted by Crippen LogP contribution is -2.46. The number of hydrogen-bond donors (Lipinski definition) is 2. The van der Waals surface area contributed by atoms with Crippen LogP contribution in [0.2, 0.25) is 0 Å². The summed E-state index contributed by atoms with van der Waals surface area (Å²) in [5, 5.41) is 16.0. The molecular formula is C14H16N2O3. The SMILES string of the molecule is Cc1cc(C(=O)NC(C)(CO)c2ccccc2)on1. The van der Waals surface area contributed by atoms with E-state index in [1.54, 1.807) is 19.9 Å². The molecule has 19 heavy (non-hydrogen) atoms. The molecule has 1 unspecified atom stereocenters. The molecular weight excluding hydrogens is 244 g/mol. The Labute approximate surface area is 111 Å². The number of carbonyl (C=O) groups excluding carboxylic acids is 1. The van der Waals surface area contributed by atoms with Gasteiger partial charge in [-0.05, 0) is 19.4 Å². The molecule has 0 spiro atoms. The van der Waals surface area contributed by atoms with Gasteiger partial charge in [-0.25, -0.2) is 0 Å². The summed E-state index contributed by atoms with van der Waals surface area (Å²) in [5.74, 6) is -0.269. The molecule has 1 amide bonds. The number of nitrogens with one attached hydrogen (secondary N) is 1. The van der Waals surface area contributed by atoms with Crippen molar-refractivity contribution in [1.82, 2.24) is 10.5 Å². The zero-order valence-corrected chi connectivity index (χ0v) is 10.9. The lowest BCUT2D eigenvalue weighted by Gasteiger charge is -2.28. The van der Waals surface area contributed by atoms with Gasteiger partial charge in [-0.2, -0.15) is 0 Å². The Hall–Kier alpha value is -2.14. The number of nitrogens with zero attached hydrogens (tertiary/aromatic N) is 1. The predicted octanol–water partition coefficient (Wildman–Crippen LogP) is 1.62. The summed E-state index contributed by atoms with van der Waals surface area (Å²) >= 11 is 0. The maximum absolute atomic E-state index is 12.0. The maximum atomic E-state index is 12.0. The van der Waals surface area contributed by atoms with E-state index in [2.05, 4.69) is 10.5 Å². The van der Waals surface area contributed by atoms with Crippen LogP contribution in [0.1, 0.15) is 28.7 Å². The van der Waals surface area contributed by atoms with E-state index in [0.717, 1.165) is 5.56 Å². The van der Waals surface area contributed by atoms with Crippen molar-refractivity contribution in [3.8, 4) is 0 Å². The summed E-state index contributed by atoms with van der Waals surface area (Å²) < 4.78 is 4.91. The van der Waals surface area contributed by atoms with Gasteiger partial charge < -0.3 is 14.9 Å². The minimum Gasteiger partial charge on any atom is -0.394 e. The first-order chi connectivity index (χ1) is 9.05. The van der Waals surface area contributed by atoms with Crippen LogP contribution in [0, 0.1) is 6.92 Å². The molecule has 1 aromatic heterocycles. The molecule has 2 N–H and O–H groups in total. The van der Waals surface area contributed by atoms with E-state index < -0.39 is 11.4 Å². The molecule has 1 heterocycles. The minimum absolute atomic E-state index is 0.133. The largest absolute Gasteiger partial charge is 0.394 e. The van der Waals surface area contributed by atoms with E-state index in [0.29, 0.717) is 5.69 Å². The van der Waals surface area contributed by atoms with Gasteiger partial charge in [0.15, 0.2) is 0 Å². The molecule has 0 aliphatic heterocycles. The van der Waals surface area contributed by atoms with Crippen molar-refractivity contribution in [2.75, 3.05) is 6.61 Å². The Morgan fingerprint density at radius 2 is 2.11 bits per heavy atom. The summed E-state index contributed by atoms with van der Waals surface area (Å²) in [4.78, 5) is 12.0. The Morgan fingerprint density at radius 3 is 2.63 bits per heavy atom. The lowest BCUT2D eigenvalue weighted by molar-refractivity contribution is 0.0812. The number of benzene rings is 1. The molecule has 0 radical (unpaired) electrons. The van der Waals surface area contributed by atoms with Crippen LogP contribution in [0.3, 0.4) is 0 Å². The molecule has 1 aromatic carbocycles. The zero-order chi connectivity index (χ0) is 13.9. The van der Waals surface area contributed by atoms with Gasteiger partial charge in [-0.3, -0.25) is 4.79 Å². The molecule has 5 heteroatoms. The molecule has 0 saturated heterocycles. The topological polar surface area (TPSA) is 75.4 Å². The number of amides is 1. The molecule has 1 atom stereocenters. The van der Waals surface area contributed by atoms with Gasteiger partial charge in [0.25, 0.3) is 5.91 Å². The highest BCUT2D eigenvalue weighted by atomic mass is 16.5. The van der Waals surface area contributed by atoms with E-state index in [-0.39, 0.29) is 12.4 Å². The first-order valence-electron chi connectivity index (χ1n) is 5.97. The number of carbonyl (C=O) groups is 1. The Morgan fingerprint density at radius 1 is 1.42 bits per heavy atom. The van der Waals surface area contributed by atoms with E-state index in [1.165, 1.54) is 0 Å².